The van der Waals surface area contributed by atoms with Crippen LogP contribution in [0.4, 0.5) is 11.4 Å². The number of anilines is 2. The van der Waals surface area contributed by atoms with E-state index in [0.29, 0.717) is 6.04 Å². The summed E-state index contributed by atoms with van der Waals surface area (Å²) in [6.07, 6.45) is 7.99. The second-order valence-electron chi connectivity index (χ2n) is 5.73. The summed E-state index contributed by atoms with van der Waals surface area (Å²) < 4.78 is 0. The van der Waals surface area contributed by atoms with Gasteiger partial charge in [-0.05, 0) is 50.3 Å². The standard InChI is InChI=1S/C16H24N2/c1-13-7-3-2-4-12-18(13)16-10-5-9-15-14(16)8-6-11-17-15/h5,9-10,13,17H,2-4,6-8,11-12H2,1H3. The summed E-state index contributed by atoms with van der Waals surface area (Å²) in [5.74, 6) is 0. The lowest BCUT2D eigenvalue weighted by molar-refractivity contribution is 0.613. The molecule has 1 N–H and O–H groups in total. The molecule has 18 heavy (non-hydrogen) atoms. The molecule has 1 atom stereocenters. The Bertz CT molecular complexity index is 414. The van der Waals surface area contributed by atoms with Crippen LogP contribution in [0.3, 0.4) is 0 Å². The van der Waals surface area contributed by atoms with E-state index >= 15 is 0 Å². The van der Waals surface area contributed by atoms with Crippen LogP contribution in [0, 0.1) is 0 Å². The van der Waals surface area contributed by atoms with Gasteiger partial charge in [-0.2, -0.15) is 0 Å². The van der Waals surface area contributed by atoms with Crippen LogP contribution in [0.25, 0.3) is 0 Å². The quantitative estimate of drug-likeness (QED) is 0.808. The van der Waals surface area contributed by atoms with Crippen molar-refractivity contribution in [3.63, 3.8) is 0 Å². The molecule has 98 valence electrons. The summed E-state index contributed by atoms with van der Waals surface area (Å²) in [6.45, 7) is 4.75. The highest BCUT2D eigenvalue weighted by Crippen LogP contribution is 2.34. The molecule has 0 amide bonds. The molecule has 2 aliphatic heterocycles. The third-order valence-electron chi connectivity index (χ3n) is 4.43. The second-order valence-corrected chi connectivity index (χ2v) is 5.73. The normalized spacial score (nSPS) is 24.1. The number of hydrogen-bond acceptors (Lipinski definition) is 2. The molecule has 2 nitrogen and oxygen atoms in total. The van der Waals surface area contributed by atoms with Crippen molar-refractivity contribution in [3.8, 4) is 0 Å². The predicted molar refractivity (Wildman–Crippen MR) is 78.5 cm³/mol. The largest absolute Gasteiger partial charge is 0.385 e. The first-order valence-corrected chi connectivity index (χ1v) is 7.48. The number of fused-ring (bicyclic) bond motifs is 1. The summed E-state index contributed by atoms with van der Waals surface area (Å²) in [5.41, 5.74) is 4.42. The van der Waals surface area contributed by atoms with Crippen molar-refractivity contribution in [2.45, 2.75) is 51.5 Å². The minimum atomic E-state index is 0.695. The van der Waals surface area contributed by atoms with Crippen molar-refractivity contribution >= 4 is 11.4 Å². The van der Waals surface area contributed by atoms with Gasteiger partial charge in [0.05, 0.1) is 0 Å². The summed E-state index contributed by atoms with van der Waals surface area (Å²) in [7, 11) is 0. The van der Waals surface area contributed by atoms with Crippen molar-refractivity contribution in [2.75, 3.05) is 23.3 Å². The molecule has 2 heteroatoms. The zero-order chi connectivity index (χ0) is 12.4. The van der Waals surface area contributed by atoms with Crippen molar-refractivity contribution < 1.29 is 0 Å². The first-order valence-electron chi connectivity index (χ1n) is 7.48. The molecule has 3 rings (SSSR count). The lowest BCUT2D eigenvalue weighted by atomic mass is 9.99. The van der Waals surface area contributed by atoms with Gasteiger partial charge in [-0.1, -0.05) is 18.9 Å². The average Bonchev–Trinajstić information content (AvgIpc) is 2.63. The fourth-order valence-corrected chi connectivity index (χ4v) is 3.39. The van der Waals surface area contributed by atoms with Crippen LogP contribution in [0.5, 0.6) is 0 Å². The number of rotatable bonds is 1. The Morgan fingerprint density at radius 1 is 1.17 bits per heavy atom. The predicted octanol–water partition coefficient (Wildman–Crippen LogP) is 3.81. The van der Waals surface area contributed by atoms with E-state index in [9.17, 15) is 0 Å². The Balaban J connectivity index is 1.94. The van der Waals surface area contributed by atoms with Crippen molar-refractivity contribution in [1.29, 1.82) is 0 Å². The Morgan fingerprint density at radius 2 is 2.11 bits per heavy atom. The van der Waals surface area contributed by atoms with Crippen LogP contribution in [-0.4, -0.2) is 19.1 Å². The minimum Gasteiger partial charge on any atom is -0.385 e. The van der Waals surface area contributed by atoms with E-state index < -0.39 is 0 Å². The molecule has 1 aromatic carbocycles. The first kappa shape index (κ1) is 11.9. The molecule has 0 radical (unpaired) electrons. The van der Waals surface area contributed by atoms with Crippen LogP contribution >= 0.6 is 0 Å². The van der Waals surface area contributed by atoms with Crippen LogP contribution in [0.1, 0.15) is 44.6 Å². The van der Waals surface area contributed by atoms with E-state index in [1.165, 1.54) is 56.4 Å². The van der Waals surface area contributed by atoms with Crippen molar-refractivity contribution in [2.24, 2.45) is 0 Å². The van der Waals surface area contributed by atoms with Gasteiger partial charge in [-0.25, -0.2) is 0 Å². The van der Waals surface area contributed by atoms with Gasteiger partial charge in [0, 0.05) is 30.5 Å². The lowest BCUT2D eigenvalue weighted by Gasteiger charge is -2.33. The SMILES string of the molecule is CC1CCCCCN1c1cccc2c1CCCN2. The summed E-state index contributed by atoms with van der Waals surface area (Å²) >= 11 is 0. The zero-order valence-corrected chi connectivity index (χ0v) is 11.4. The van der Waals surface area contributed by atoms with Gasteiger partial charge in [0.1, 0.15) is 0 Å². The lowest BCUT2D eigenvalue weighted by Crippen LogP contribution is -2.33. The van der Waals surface area contributed by atoms with Gasteiger partial charge in [-0.3, -0.25) is 0 Å². The van der Waals surface area contributed by atoms with Crippen LogP contribution in [-0.2, 0) is 6.42 Å². The van der Waals surface area contributed by atoms with Gasteiger partial charge >= 0.3 is 0 Å². The minimum absolute atomic E-state index is 0.695. The monoisotopic (exact) mass is 244 g/mol. The molecule has 0 aromatic heterocycles. The van der Waals surface area contributed by atoms with E-state index in [2.05, 4.69) is 35.3 Å². The number of hydrogen-bond donors (Lipinski definition) is 1. The molecule has 0 aliphatic carbocycles. The molecular formula is C16H24N2. The third kappa shape index (κ3) is 2.21. The Morgan fingerprint density at radius 3 is 3.06 bits per heavy atom. The van der Waals surface area contributed by atoms with Gasteiger partial charge < -0.3 is 10.2 Å². The molecule has 2 heterocycles. The molecule has 0 bridgehead atoms. The smallest absolute Gasteiger partial charge is 0.0421 e. The maximum Gasteiger partial charge on any atom is 0.0421 e. The van der Waals surface area contributed by atoms with E-state index in [0.717, 1.165) is 6.54 Å². The first-order chi connectivity index (χ1) is 8.86. The summed E-state index contributed by atoms with van der Waals surface area (Å²) in [6, 6.07) is 7.47. The number of benzene rings is 1. The van der Waals surface area contributed by atoms with Crippen molar-refractivity contribution in [1.82, 2.24) is 0 Å². The third-order valence-corrected chi connectivity index (χ3v) is 4.43. The Hall–Kier alpha value is -1.18. The molecule has 1 aromatic rings. The fourth-order valence-electron chi connectivity index (χ4n) is 3.39. The Labute approximate surface area is 110 Å². The molecule has 1 fully saturated rings. The average molecular weight is 244 g/mol. The molecule has 0 saturated carbocycles. The molecule has 1 unspecified atom stereocenters. The van der Waals surface area contributed by atoms with Crippen LogP contribution in [0.15, 0.2) is 18.2 Å². The number of nitrogens with zero attached hydrogens (tertiary/aromatic N) is 1. The zero-order valence-electron chi connectivity index (χ0n) is 11.4. The van der Waals surface area contributed by atoms with Gasteiger partial charge in [0.15, 0.2) is 0 Å². The molecule has 2 aliphatic rings. The second kappa shape index (κ2) is 5.21. The Kier molecular flexibility index (Phi) is 3.44. The van der Waals surface area contributed by atoms with E-state index in [1.807, 2.05) is 0 Å². The number of nitrogens with one attached hydrogen (secondary N) is 1. The maximum atomic E-state index is 3.55. The highest BCUT2D eigenvalue weighted by molar-refractivity contribution is 5.68. The van der Waals surface area contributed by atoms with Crippen LogP contribution in [0.2, 0.25) is 0 Å². The van der Waals surface area contributed by atoms with Crippen molar-refractivity contribution in [3.05, 3.63) is 23.8 Å². The van der Waals surface area contributed by atoms with Crippen LogP contribution < -0.4 is 10.2 Å². The summed E-state index contributed by atoms with van der Waals surface area (Å²) in [4.78, 5) is 2.65. The van der Waals surface area contributed by atoms with E-state index in [1.54, 1.807) is 5.56 Å². The van der Waals surface area contributed by atoms with Gasteiger partial charge in [-0.15, -0.1) is 0 Å². The van der Waals surface area contributed by atoms with Gasteiger partial charge in [0.25, 0.3) is 0 Å². The summed E-state index contributed by atoms with van der Waals surface area (Å²) in [5, 5.41) is 3.55. The topological polar surface area (TPSA) is 15.3 Å². The molecule has 0 spiro atoms. The van der Waals surface area contributed by atoms with Gasteiger partial charge in [0.2, 0.25) is 0 Å². The highest BCUT2D eigenvalue weighted by Gasteiger charge is 2.21. The van der Waals surface area contributed by atoms with E-state index in [4.69, 9.17) is 0 Å². The maximum absolute atomic E-state index is 3.55. The molecular weight excluding hydrogens is 220 g/mol. The van der Waals surface area contributed by atoms with E-state index in [-0.39, 0.29) is 0 Å². The molecule has 1 saturated heterocycles. The highest BCUT2D eigenvalue weighted by atomic mass is 15.2. The fraction of sp³-hybridized carbons (Fsp3) is 0.625.